The number of hydrogen-bond acceptors (Lipinski definition) is 4. The van der Waals surface area contributed by atoms with Crippen molar-refractivity contribution in [2.45, 2.75) is 51.8 Å². The summed E-state index contributed by atoms with van der Waals surface area (Å²) in [5.41, 5.74) is 0.339. The molecule has 3 rings (SSSR count). The van der Waals surface area contributed by atoms with E-state index in [1.165, 1.54) is 0 Å². The summed E-state index contributed by atoms with van der Waals surface area (Å²) < 4.78 is 5.92. The molecule has 1 aromatic carbocycles. The van der Waals surface area contributed by atoms with Gasteiger partial charge < -0.3 is 10.1 Å². The number of nitrogens with zero attached hydrogens (tertiary/aromatic N) is 1. The second-order valence-electron chi connectivity index (χ2n) is 7.46. The van der Waals surface area contributed by atoms with E-state index in [-0.39, 0.29) is 24.0 Å². The van der Waals surface area contributed by atoms with Gasteiger partial charge in [0.25, 0.3) is 5.91 Å². The third-order valence-electron chi connectivity index (χ3n) is 5.12. The normalized spacial score (nSPS) is 27.3. The van der Waals surface area contributed by atoms with Crippen LogP contribution in [0.15, 0.2) is 24.3 Å². The predicted octanol–water partition coefficient (Wildman–Crippen LogP) is 2.28. The zero-order valence-corrected chi connectivity index (χ0v) is 15.2. The Labute approximate surface area is 148 Å². The minimum atomic E-state index is -0.816. The highest BCUT2D eigenvalue weighted by molar-refractivity contribution is 6.06. The van der Waals surface area contributed by atoms with Crippen LogP contribution in [0.4, 0.5) is 4.79 Å². The number of carbonyl (C=O) groups excluding carboxylic acids is 2. The van der Waals surface area contributed by atoms with Gasteiger partial charge in [0, 0.05) is 24.6 Å². The van der Waals surface area contributed by atoms with Crippen LogP contribution in [-0.4, -0.2) is 41.6 Å². The highest BCUT2D eigenvalue weighted by atomic mass is 16.5. The molecule has 0 spiro atoms. The largest absolute Gasteiger partial charge is 0.491 e. The van der Waals surface area contributed by atoms with Gasteiger partial charge in [0.05, 0.1) is 6.10 Å². The number of nitrogens with one attached hydrogen (secondary N) is 2. The Hall–Kier alpha value is -2.08. The Morgan fingerprint density at radius 2 is 2.08 bits per heavy atom. The number of urea groups is 1. The number of likely N-dealkylation sites (tertiary alicyclic amines) is 1. The number of para-hydroxylation sites is 1. The number of ether oxygens (including phenoxy) is 1. The Morgan fingerprint density at radius 3 is 2.76 bits per heavy atom. The standard InChI is InChI=1S/C19H27N3O3/c1-13(2)25-16-9-5-4-7-14(16)11-22-10-6-8-15(12-22)19(3)17(23)20-18(24)21-19/h4-5,7,9,13,15H,6,8,10-12H2,1-3H3,(H2,20,21,23,24). The SMILES string of the molecule is CC(C)Oc1ccccc1CN1CCCC(C2(C)NC(=O)NC2=O)C1. The van der Waals surface area contributed by atoms with Crippen molar-refractivity contribution in [2.24, 2.45) is 5.92 Å². The Bertz CT molecular complexity index is 661. The van der Waals surface area contributed by atoms with Crippen LogP contribution in [0.25, 0.3) is 0 Å². The predicted molar refractivity (Wildman–Crippen MR) is 95.3 cm³/mol. The van der Waals surface area contributed by atoms with E-state index in [1.54, 1.807) is 0 Å². The summed E-state index contributed by atoms with van der Waals surface area (Å²) in [7, 11) is 0. The number of amides is 3. The van der Waals surface area contributed by atoms with E-state index in [0.717, 1.165) is 43.8 Å². The molecule has 0 radical (unpaired) electrons. The number of benzene rings is 1. The third kappa shape index (κ3) is 3.79. The van der Waals surface area contributed by atoms with Gasteiger partial charge in [-0.25, -0.2) is 4.79 Å². The molecule has 2 unspecified atom stereocenters. The van der Waals surface area contributed by atoms with Crippen molar-refractivity contribution in [1.29, 1.82) is 0 Å². The second kappa shape index (κ2) is 7.04. The highest BCUT2D eigenvalue weighted by Gasteiger charge is 2.48. The van der Waals surface area contributed by atoms with Crippen molar-refractivity contribution < 1.29 is 14.3 Å². The molecular weight excluding hydrogens is 318 g/mol. The smallest absolute Gasteiger partial charge is 0.322 e. The lowest BCUT2D eigenvalue weighted by Gasteiger charge is -2.39. The molecule has 2 atom stereocenters. The maximum Gasteiger partial charge on any atom is 0.322 e. The van der Waals surface area contributed by atoms with Crippen LogP contribution in [0.3, 0.4) is 0 Å². The first kappa shape index (κ1) is 17.7. The molecule has 2 heterocycles. The van der Waals surface area contributed by atoms with Gasteiger partial charge in [0.1, 0.15) is 11.3 Å². The summed E-state index contributed by atoms with van der Waals surface area (Å²) >= 11 is 0. The first-order chi connectivity index (χ1) is 11.9. The van der Waals surface area contributed by atoms with Crippen LogP contribution >= 0.6 is 0 Å². The summed E-state index contributed by atoms with van der Waals surface area (Å²) in [5, 5.41) is 5.19. The molecule has 2 aliphatic rings. The van der Waals surface area contributed by atoms with E-state index in [1.807, 2.05) is 39.0 Å². The van der Waals surface area contributed by atoms with Crippen LogP contribution in [0.5, 0.6) is 5.75 Å². The fraction of sp³-hybridized carbons (Fsp3) is 0.579. The molecule has 0 bridgehead atoms. The van der Waals surface area contributed by atoms with Crippen LogP contribution < -0.4 is 15.4 Å². The van der Waals surface area contributed by atoms with Crippen LogP contribution in [0.2, 0.25) is 0 Å². The summed E-state index contributed by atoms with van der Waals surface area (Å²) in [6.45, 7) is 8.42. The van der Waals surface area contributed by atoms with Gasteiger partial charge >= 0.3 is 6.03 Å². The molecule has 6 nitrogen and oxygen atoms in total. The van der Waals surface area contributed by atoms with Gasteiger partial charge in [0.2, 0.25) is 0 Å². The topological polar surface area (TPSA) is 70.7 Å². The Balaban J connectivity index is 1.71. The average molecular weight is 345 g/mol. The number of rotatable bonds is 5. The number of carbonyl (C=O) groups is 2. The van der Waals surface area contributed by atoms with Crippen molar-refractivity contribution in [3.05, 3.63) is 29.8 Å². The minimum Gasteiger partial charge on any atom is -0.491 e. The number of hydrogen-bond donors (Lipinski definition) is 2. The minimum absolute atomic E-state index is 0.103. The molecule has 1 aromatic rings. The third-order valence-corrected chi connectivity index (χ3v) is 5.12. The molecule has 2 aliphatic heterocycles. The van der Waals surface area contributed by atoms with Gasteiger partial charge in [0.15, 0.2) is 0 Å². The van der Waals surface area contributed by atoms with Gasteiger partial charge in [-0.1, -0.05) is 18.2 Å². The number of imide groups is 1. The molecule has 0 saturated carbocycles. The Kier molecular flexibility index (Phi) is 4.99. The van der Waals surface area contributed by atoms with Crippen molar-refractivity contribution in [1.82, 2.24) is 15.5 Å². The first-order valence-corrected chi connectivity index (χ1v) is 8.99. The van der Waals surface area contributed by atoms with E-state index >= 15 is 0 Å². The molecule has 0 aromatic heterocycles. The highest BCUT2D eigenvalue weighted by Crippen LogP contribution is 2.31. The van der Waals surface area contributed by atoms with Crippen molar-refractivity contribution in [2.75, 3.05) is 13.1 Å². The second-order valence-corrected chi connectivity index (χ2v) is 7.46. The van der Waals surface area contributed by atoms with E-state index in [2.05, 4.69) is 21.6 Å². The molecule has 2 N–H and O–H groups in total. The van der Waals surface area contributed by atoms with Crippen molar-refractivity contribution in [3.63, 3.8) is 0 Å². The maximum atomic E-state index is 12.2. The van der Waals surface area contributed by atoms with Crippen LogP contribution in [0, 0.1) is 5.92 Å². The fourth-order valence-electron chi connectivity index (χ4n) is 3.76. The molecule has 25 heavy (non-hydrogen) atoms. The first-order valence-electron chi connectivity index (χ1n) is 8.99. The van der Waals surface area contributed by atoms with E-state index in [4.69, 9.17) is 4.74 Å². The van der Waals surface area contributed by atoms with Crippen LogP contribution in [0.1, 0.15) is 39.2 Å². The molecule has 6 heteroatoms. The number of piperidine rings is 1. The summed E-state index contributed by atoms with van der Waals surface area (Å²) in [6, 6.07) is 7.71. The molecule has 3 amide bonds. The molecule has 0 aliphatic carbocycles. The zero-order chi connectivity index (χ0) is 18.0. The van der Waals surface area contributed by atoms with Gasteiger partial charge in [-0.3, -0.25) is 15.0 Å². The summed E-state index contributed by atoms with van der Waals surface area (Å²) in [5.74, 6) is 0.802. The zero-order valence-electron chi connectivity index (χ0n) is 15.2. The molecule has 2 fully saturated rings. The Morgan fingerprint density at radius 1 is 1.32 bits per heavy atom. The van der Waals surface area contributed by atoms with Crippen molar-refractivity contribution >= 4 is 11.9 Å². The lowest BCUT2D eigenvalue weighted by molar-refractivity contribution is -0.126. The van der Waals surface area contributed by atoms with Gasteiger partial charge in [-0.15, -0.1) is 0 Å². The quantitative estimate of drug-likeness (QED) is 0.803. The molecular formula is C19H27N3O3. The maximum absolute atomic E-state index is 12.2. The lowest BCUT2D eigenvalue weighted by atomic mass is 9.80. The van der Waals surface area contributed by atoms with Crippen LogP contribution in [-0.2, 0) is 11.3 Å². The van der Waals surface area contributed by atoms with E-state index in [9.17, 15) is 9.59 Å². The average Bonchev–Trinajstić information content (AvgIpc) is 2.82. The van der Waals surface area contributed by atoms with E-state index in [0.29, 0.717) is 0 Å². The lowest BCUT2D eigenvalue weighted by Crippen LogP contribution is -2.55. The summed E-state index contributed by atoms with van der Waals surface area (Å²) in [4.78, 5) is 26.1. The molecule has 136 valence electrons. The van der Waals surface area contributed by atoms with Gasteiger partial charge in [-0.05, 0) is 46.2 Å². The van der Waals surface area contributed by atoms with Gasteiger partial charge in [-0.2, -0.15) is 0 Å². The monoisotopic (exact) mass is 345 g/mol. The summed E-state index contributed by atoms with van der Waals surface area (Å²) in [6.07, 6.45) is 2.08. The van der Waals surface area contributed by atoms with E-state index < -0.39 is 5.54 Å². The fourth-order valence-corrected chi connectivity index (χ4v) is 3.76. The molecule has 2 saturated heterocycles. The van der Waals surface area contributed by atoms with Crippen molar-refractivity contribution in [3.8, 4) is 5.75 Å².